The number of para-hydroxylation sites is 2. The fraction of sp³-hybridized carbons (Fsp3) is 0.0833. The maximum absolute atomic E-state index is 13.3. The third kappa shape index (κ3) is 5.41. The van der Waals surface area contributed by atoms with Gasteiger partial charge in [-0.05, 0) is 36.4 Å². The van der Waals surface area contributed by atoms with Gasteiger partial charge in [-0.2, -0.15) is 0 Å². The van der Waals surface area contributed by atoms with Crippen molar-refractivity contribution >= 4 is 33.2 Å². The summed E-state index contributed by atoms with van der Waals surface area (Å²) in [7, 11) is -4.00. The Balaban J connectivity index is 1.88. The summed E-state index contributed by atoms with van der Waals surface area (Å²) in [6, 6.07) is 22.8. The summed E-state index contributed by atoms with van der Waals surface area (Å²) < 4.78 is 27.6. The molecule has 164 valence electrons. The minimum absolute atomic E-state index is 0.0702. The van der Waals surface area contributed by atoms with Crippen LogP contribution >= 0.6 is 0 Å². The zero-order valence-corrected chi connectivity index (χ0v) is 18.1. The van der Waals surface area contributed by atoms with Crippen molar-refractivity contribution in [2.24, 2.45) is 0 Å². The van der Waals surface area contributed by atoms with E-state index in [-0.39, 0.29) is 28.6 Å². The second kappa shape index (κ2) is 10.4. The molecule has 2 N–H and O–H groups in total. The van der Waals surface area contributed by atoms with Crippen LogP contribution in [0.25, 0.3) is 0 Å². The van der Waals surface area contributed by atoms with Crippen LogP contribution < -0.4 is 14.9 Å². The molecule has 0 heterocycles. The summed E-state index contributed by atoms with van der Waals surface area (Å²) in [6.07, 6.45) is 1.55. The summed E-state index contributed by atoms with van der Waals surface area (Å²) in [5, 5.41) is 5.32. The molecule has 7 nitrogen and oxygen atoms in total. The minimum atomic E-state index is -4.00. The van der Waals surface area contributed by atoms with Gasteiger partial charge < -0.3 is 10.6 Å². The standard InChI is InChI=1S/C24H23N3O4S/c1-2-17-25-24(29)21-15-9-10-16-22(21)26-23(28)18-27(19-11-5-3-6-12-19)32(30,31)20-13-7-4-8-14-20/h2-16H,1,17-18H2,(H,25,29)(H,26,28). The van der Waals surface area contributed by atoms with Crippen LogP contribution in [-0.2, 0) is 14.8 Å². The van der Waals surface area contributed by atoms with Gasteiger partial charge in [-0.1, -0.05) is 54.6 Å². The number of hydrogen-bond acceptors (Lipinski definition) is 4. The molecule has 0 aliphatic heterocycles. The highest BCUT2D eigenvalue weighted by Crippen LogP contribution is 2.24. The van der Waals surface area contributed by atoms with Gasteiger partial charge in [0.25, 0.3) is 15.9 Å². The molecule has 2 amide bonds. The molecule has 0 fully saturated rings. The van der Waals surface area contributed by atoms with Crippen molar-refractivity contribution in [3.8, 4) is 0 Å². The van der Waals surface area contributed by atoms with Gasteiger partial charge in [0.15, 0.2) is 0 Å². The number of amides is 2. The second-order valence-electron chi connectivity index (χ2n) is 6.75. The molecule has 0 aliphatic rings. The third-order valence-corrected chi connectivity index (χ3v) is 6.30. The molecule has 8 heteroatoms. The number of sulfonamides is 1. The highest BCUT2D eigenvalue weighted by molar-refractivity contribution is 7.92. The molecule has 0 aromatic heterocycles. The number of rotatable bonds is 9. The Bertz CT molecular complexity index is 1200. The van der Waals surface area contributed by atoms with Crippen LogP contribution in [0.15, 0.2) is 102 Å². The van der Waals surface area contributed by atoms with Crippen LogP contribution in [0.5, 0.6) is 0 Å². The molecule has 3 rings (SSSR count). The Kier molecular flexibility index (Phi) is 7.41. The molecule has 0 unspecified atom stereocenters. The molecular weight excluding hydrogens is 426 g/mol. The first kappa shape index (κ1) is 22.8. The molecule has 3 aromatic carbocycles. The van der Waals surface area contributed by atoms with Crippen molar-refractivity contribution in [3.05, 3.63) is 103 Å². The van der Waals surface area contributed by atoms with Gasteiger partial charge in [0.2, 0.25) is 5.91 Å². The predicted octanol–water partition coefficient (Wildman–Crippen LogP) is 3.44. The second-order valence-corrected chi connectivity index (χ2v) is 8.62. The van der Waals surface area contributed by atoms with Gasteiger partial charge in [-0.15, -0.1) is 6.58 Å². The minimum Gasteiger partial charge on any atom is -0.349 e. The number of carbonyl (C=O) groups excluding carboxylic acids is 2. The number of nitrogens with one attached hydrogen (secondary N) is 2. The van der Waals surface area contributed by atoms with Crippen LogP contribution in [0.1, 0.15) is 10.4 Å². The Labute approximate surface area is 187 Å². The van der Waals surface area contributed by atoms with E-state index in [0.29, 0.717) is 5.69 Å². The van der Waals surface area contributed by atoms with Crippen molar-refractivity contribution < 1.29 is 18.0 Å². The quantitative estimate of drug-likeness (QED) is 0.489. The summed E-state index contributed by atoms with van der Waals surface area (Å²) in [4.78, 5) is 25.3. The van der Waals surface area contributed by atoms with Gasteiger partial charge in [0, 0.05) is 6.54 Å². The van der Waals surface area contributed by atoms with E-state index < -0.39 is 22.5 Å². The van der Waals surface area contributed by atoms with Crippen molar-refractivity contribution in [2.75, 3.05) is 22.7 Å². The van der Waals surface area contributed by atoms with Gasteiger partial charge in [-0.25, -0.2) is 8.42 Å². The zero-order chi connectivity index (χ0) is 23.0. The fourth-order valence-electron chi connectivity index (χ4n) is 3.00. The molecule has 0 saturated heterocycles. The lowest BCUT2D eigenvalue weighted by Gasteiger charge is -2.24. The third-order valence-electron chi connectivity index (χ3n) is 4.52. The van der Waals surface area contributed by atoms with Crippen LogP contribution in [0, 0.1) is 0 Å². The molecule has 0 spiro atoms. The van der Waals surface area contributed by atoms with Crippen LogP contribution in [0.2, 0.25) is 0 Å². The monoisotopic (exact) mass is 449 g/mol. The zero-order valence-electron chi connectivity index (χ0n) is 17.3. The van der Waals surface area contributed by atoms with E-state index in [4.69, 9.17) is 0 Å². The van der Waals surface area contributed by atoms with Crippen molar-refractivity contribution in [3.63, 3.8) is 0 Å². The van der Waals surface area contributed by atoms with Crippen LogP contribution in [0.4, 0.5) is 11.4 Å². The number of carbonyl (C=O) groups is 2. The van der Waals surface area contributed by atoms with Crippen molar-refractivity contribution in [1.82, 2.24) is 5.32 Å². The lowest BCUT2D eigenvalue weighted by atomic mass is 10.1. The number of anilines is 2. The molecule has 3 aromatic rings. The summed E-state index contributed by atoms with van der Waals surface area (Å²) in [6.45, 7) is 3.37. The van der Waals surface area contributed by atoms with E-state index in [0.717, 1.165) is 4.31 Å². The van der Waals surface area contributed by atoms with Crippen LogP contribution in [0.3, 0.4) is 0 Å². The average molecular weight is 450 g/mol. The van der Waals surface area contributed by atoms with Gasteiger partial charge in [0.05, 0.1) is 21.8 Å². The average Bonchev–Trinajstić information content (AvgIpc) is 2.82. The number of benzene rings is 3. The van der Waals surface area contributed by atoms with Crippen molar-refractivity contribution in [2.45, 2.75) is 4.90 Å². The smallest absolute Gasteiger partial charge is 0.264 e. The number of nitrogens with zero attached hydrogens (tertiary/aromatic N) is 1. The molecule has 0 saturated carbocycles. The predicted molar refractivity (Wildman–Crippen MR) is 125 cm³/mol. The maximum atomic E-state index is 13.3. The lowest BCUT2D eigenvalue weighted by molar-refractivity contribution is -0.114. The topological polar surface area (TPSA) is 95.6 Å². The van der Waals surface area contributed by atoms with Gasteiger partial charge in [-0.3, -0.25) is 13.9 Å². The Hall–Kier alpha value is -3.91. The molecule has 0 bridgehead atoms. The first-order chi connectivity index (χ1) is 15.4. The van der Waals surface area contributed by atoms with E-state index in [1.54, 1.807) is 78.9 Å². The van der Waals surface area contributed by atoms with E-state index >= 15 is 0 Å². The lowest BCUT2D eigenvalue weighted by Crippen LogP contribution is -2.38. The van der Waals surface area contributed by atoms with Gasteiger partial charge >= 0.3 is 0 Å². The summed E-state index contributed by atoms with van der Waals surface area (Å²) in [5.74, 6) is -0.963. The summed E-state index contributed by atoms with van der Waals surface area (Å²) >= 11 is 0. The Morgan fingerprint density at radius 2 is 1.47 bits per heavy atom. The molecule has 0 aliphatic carbocycles. The first-order valence-corrected chi connectivity index (χ1v) is 11.3. The van der Waals surface area contributed by atoms with E-state index in [1.807, 2.05) is 0 Å². The van der Waals surface area contributed by atoms with Gasteiger partial charge in [0.1, 0.15) is 6.54 Å². The van der Waals surface area contributed by atoms with E-state index in [1.165, 1.54) is 12.1 Å². The normalized spacial score (nSPS) is 10.8. The highest BCUT2D eigenvalue weighted by Gasteiger charge is 2.27. The van der Waals surface area contributed by atoms with Crippen LogP contribution in [-0.4, -0.2) is 33.3 Å². The Morgan fingerprint density at radius 1 is 0.875 bits per heavy atom. The molecular formula is C24H23N3O4S. The maximum Gasteiger partial charge on any atom is 0.264 e. The molecule has 0 atom stereocenters. The van der Waals surface area contributed by atoms with E-state index in [9.17, 15) is 18.0 Å². The van der Waals surface area contributed by atoms with E-state index in [2.05, 4.69) is 17.2 Å². The van der Waals surface area contributed by atoms with Crippen molar-refractivity contribution in [1.29, 1.82) is 0 Å². The first-order valence-electron chi connectivity index (χ1n) is 9.84. The molecule has 0 radical (unpaired) electrons. The fourth-order valence-corrected chi connectivity index (χ4v) is 4.44. The largest absolute Gasteiger partial charge is 0.349 e. The summed E-state index contributed by atoms with van der Waals surface area (Å²) in [5.41, 5.74) is 0.896. The number of hydrogen-bond donors (Lipinski definition) is 2. The SMILES string of the molecule is C=CCNC(=O)c1ccccc1NC(=O)CN(c1ccccc1)S(=O)(=O)c1ccccc1. The highest BCUT2D eigenvalue weighted by atomic mass is 32.2. The molecule has 32 heavy (non-hydrogen) atoms. The Morgan fingerprint density at radius 3 is 2.12 bits per heavy atom.